The van der Waals surface area contributed by atoms with Gasteiger partial charge in [-0.15, -0.1) is 0 Å². The number of rotatable bonds is 17. The van der Waals surface area contributed by atoms with Crippen LogP contribution in [0.25, 0.3) is 0 Å². The van der Waals surface area contributed by atoms with Gasteiger partial charge in [0.2, 0.25) is 0 Å². The molecule has 0 bridgehead atoms. The first-order valence-corrected chi connectivity index (χ1v) is 19.3. The van der Waals surface area contributed by atoms with Crippen molar-refractivity contribution in [2.75, 3.05) is 26.1 Å². The summed E-state index contributed by atoms with van der Waals surface area (Å²) in [5.41, 5.74) is 5.97. The third-order valence-electron chi connectivity index (χ3n) is 9.77. The molecular formula is C39H56IOP. The van der Waals surface area contributed by atoms with Gasteiger partial charge >= 0.3 is 0 Å². The maximum atomic E-state index is 5.55. The molecule has 3 aromatic carbocycles. The highest BCUT2D eigenvalue weighted by atomic mass is 127. The SMILES string of the molecule is CCCC[P+](C)(CCCCCCCCCCC1c2ccc(OC)cc2CCC1c1ccc(C)cc1)c1ccccc1.[I-]. The fraction of sp³-hybridized carbons (Fsp3) is 0.538. The zero-order valence-electron chi connectivity index (χ0n) is 26.9. The monoisotopic (exact) mass is 698 g/mol. The third-order valence-corrected chi connectivity index (χ3v) is 13.9. The summed E-state index contributed by atoms with van der Waals surface area (Å²) in [5, 5.41) is 1.65. The summed E-state index contributed by atoms with van der Waals surface area (Å²) in [6.07, 6.45) is 20.4. The minimum absolute atomic E-state index is 0. The van der Waals surface area contributed by atoms with Crippen molar-refractivity contribution in [3.8, 4) is 5.75 Å². The number of halogens is 1. The normalized spacial score (nSPS) is 17.6. The Balaban J connectivity index is 0.00000484. The fourth-order valence-corrected chi connectivity index (χ4v) is 10.7. The second-order valence-electron chi connectivity index (χ2n) is 12.9. The minimum Gasteiger partial charge on any atom is -1.00 e. The lowest BCUT2D eigenvalue weighted by molar-refractivity contribution is -0.00000894. The Labute approximate surface area is 276 Å². The number of hydrogen-bond donors (Lipinski definition) is 0. The molecule has 0 aromatic heterocycles. The van der Waals surface area contributed by atoms with Crippen LogP contribution in [0.3, 0.4) is 0 Å². The predicted molar refractivity (Wildman–Crippen MR) is 183 cm³/mol. The van der Waals surface area contributed by atoms with Crippen LogP contribution in [0.4, 0.5) is 0 Å². The molecule has 3 aromatic rings. The molecule has 42 heavy (non-hydrogen) atoms. The Kier molecular flexibility index (Phi) is 15.4. The van der Waals surface area contributed by atoms with E-state index in [1.54, 1.807) is 18.0 Å². The summed E-state index contributed by atoms with van der Waals surface area (Å²) in [6, 6.07) is 27.7. The Morgan fingerprint density at radius 3 is 2.07 bits per heavy atom. The van der Waals surface area contributed by atoms with Gasteiger partial charge in [0.15, 0.2) is 0 Å². The molecule has 230 valence electrons. The molecule has 0 saturated heterocycles. The van der Waals surface area contributed by atoms with Crippen molar-refractivity contribution in [2.45, 2.75) is 109 Å². The van der Waals surface area contributed by atoms with Crippen LogP contribution in [0.15, 0.2) is 72.8 Å². The van der Waals surface area contributed by atoms with Gasteiger partial charge in [0.25, 0.3) is 0 Å². The van der Waals surface area contributed by atoms with Crippen LogP contribution in [-0.2, 0) is 6.42 Å². The van der Waals surface area contributed by atoms with E-state index in [0.29, 0.717) is 11.8 Å². The quantitative estimate of drug-likeness (QED) is 0.0787. The molecule has 4 rings (SSSR count). The van der Waals surface area contributed by atoms with Gasteiger partial charge < -0.3 is 28.7 Å². The van der Waals surface area contributed by atoms with Gasteiger partial charge in [-0.3, -0.25) is 0 Å². The molecule has 3 atom stereocenters. The molecule has 0 amide bonds. The lowest BCUT2D eigenvalue weighted by atomic mass is 9.70. The van der Waals surface area contributed by atoms with E-state index in [-0.39, 0.29) is 24.0 Å². The average Bonchev–Trinajstić information content (AvgIpc) is 3.01. The molecule has 0 saturated carbocycles. The van der Waals surface area contributed by atoms with Gasteiger partial charge in [0.05, 0.1) is 31.4 Å². The van der Waals surface area contributed by atoms with Crippen molar-refractivity contribution in [1.29, 1.82) is 0 Å². The van der Waals surface area contributed by atoms with E-state index < -0.39 is 7.26 Å². The highest BCUT2D eigenvalue weighted by molar-refractivity contribution is 7.82. The summed E-state index contributed by atoms with van der Waals surface area (Å²) >= 11 is 0. The van der Waals surface area contributed by atoms with E-state index >= 15 is 0 Å². The number of methoxy groups -OCH3 is 1. The molecule has 3 unspecified atom stereocenters. The van der Waals surface area contributed by atoms with Crippen LogP contribution in [0.2, 0.25) is 0 Å². The Hall–Kier alpha value is -1.38. The van der Waals surface area contributed by atoms with Gasteiger partial charge in [-0.2, -0.15) is 0 Å². The summed E-state index contributed by atoms with van der Waals surface area (Å²) in [7, 11) is 0.798. The van der Waals surface area contributed by atoms with E-state index in [1.807, 2.05) is 0 Å². The van der Waals surface area contributed by atoms with Crippen LogP contribution in [0.5, 0.6) is 5.75 Å². The van der Waals surface area contributed by atoms with Gasteiger partial charge in [0, 0.05) is 7.26 Å². The second kappa shape index (κ2) is 18.4. The summed E-state index contributed by atoms with van der Waals surface area (Å²) in [4.78, 5) is 0. The highest BCUT2D eigenvalue weighted by Gasteiger charge is 2.33. The van der Waals surface area contributed by atoms with E-state index in [0.717, 1.165) is 12.2 Å². The summed E-state index contributed by atoms with van der Waals surface area (Å²) in [6.45, 7) is 7.15. The Morgan fingerprint density at radius 2 is 1.40 bits per heavy atom. The maximum Gasteiger partial charge on any atom is 0.119 e. The minimum atomic E-state index is -0.987. The number of ether oxygens (including phenoxy) is 1. The summed E-state index contributed by atoms with van der Waals surface area (Å²) < 4.78 is 5.55. The van der Waals surface area contributed by atoms with Crippen molar-refractivity contribution in [3.05, 3.63) is 95.1 Å². The van der Waals surface area contributed by atoms with Gasteiger partial charge in [0.1, 0.15) is 5.75 Å². The number of fused-ring (bicyclic) bond motifs is 1. The van der Waals surface area contributed by atoms with Crippen LogP contribution >= 0.6 is 7.26 Å². The first-order valence-electron chi connectivity index (χ1n) is 16.7. The predicted octanol–water partition coefficient (Wildman–Crippen LogP) is 8.11. The molecule has 0 spiro atoms. The highest BCUT2D eigenvalue weighted by Crippen LogP contribution is 2.55. The Bertz CT molecular complexity index is 1160. The first kappa shape index (κ1) is 35.1. The number of aryl methyl sites for hydroxylation is 2. The molecule has 0 radical (unpaired) electrons. The molecule has 1 aliphatic rings. The number of unbranched alkanes of at least 4 members (excludes halogenated alkanes) is 8. The van der Waals surface area contributed by atoms with E-state index in [9.17, 15) is 0 Å². The van der Waals surface area contributed by atoms with Crippen molar-refractivity contribution in [2.24, 2.45) is 0 Å². The maximum absolute atomic E-state index is 5.55. The number of benzene rings is 3. The Morgan fingerprint density at radius 1 is 0.762 bits per heavy atom. The standard InChI is InChI=1S/C39H56OP.HI/c1-5-6-29-41(4,36-18-14-13-15-19-36)30-17-12-10-8-7-9-11-16-20-39-37(33-23-21-32(2)22-24-33)27-25-34-31-35(40-3)26-28-38(34)39;/h13-15,18-19,21-24,26,28,31,37,39H,5-12,16-17,20,25,27,29-30H2,1-4H3;1H/q+1;/p-1. The zero-order chi connectivity index (χ0) is 28.9. The molecule has 1 aliphatic carbocycles. The third kappa shape index (κ3) is 10.1. The fourth-order valence-electron chi connectivity index (χ4n) is 7.14. The van der Waals surface area contributed by atoms with E-state index in [2.05, 4.69) is 93.3 Å². The second-order valence-corrected chi connectivity index (χ2v) is 17.1. The zero-order valence-corrected chi connectivity index (χ0v) is 30.0. The lowest BCUT2D eigenvalue weighted by Gasteiger charge is -2.34. The average molecular weight is 699 g/mol. The molecule has 0 heterocycles. The van der Waals surface area contributed by atoms with Crippen molar-refractivity contribution >= 4 is 12.6 Å². The molecule has 0 fully saturated rings. The van der Waals surface area contributed by atoms with Gasteiger partial charge in [-0.05, 0) is 98.2 Å². The van der Waals surface area contributed by atoms with Crippen LogP contribution in [0.1, 0.15) is 118 Å². The largest absolute Gasteiger partial charge is 1.00 e. The van der Waals surface area contributed by atoms with Gasteiger partial charge in [-0.25, -0.2) is 0 Å². The van der Waals surface area contributed by atoms with Gasteiger partial charge in [-0.1, -0.05) is 106 Å². The molecule has 0 N–H and O–H groups in total. The molecular weight excluding hydrogens is 642 g/mol. The molecule has 3 heteroatoms. The van der Waals surface area contributed by atoms with Crippen LogP contribution in [0, 0.1) is 6.92 Å². The summed E-state index contributed by atoms with van der Waals surface area (Å²) in [5.74, 6) is 2.27. The topological polar surface area (TPSA) is 9.23 Å². The van der Waals surface area contributed by atoms with Crippen LogP contribution in [-0.4, -0.2) is 26.1 Å². The van der Waals surface area contributed by atoms with E-state index in [4.69, 9.17) is 4.74 Å². The smallest absolute Gasteiger partial charge is 0.119 e. The first-order chi connectivity index (χ1) is 20.0. The number of hydrogen-bond acceptors (Lipinski definition) is 1. The molecule has 1 nitrogen and oxygen atoms in total. The van der Waals surface area contributed by atoms with Crippen molar-refractivity contribution < 1.29 is 28.7 Å². The van der Waals surface area contributed by atoms with E-state index in [1.165, 1.54) is 106 Å². The van der Waals surface area contributed by atoms with Crippen LogP contribution < -0.4 is 34.0 Å². The lowest BCUT2D eigenvalue weighted by Crippen LogP contribution is -3.00. The van der Waals surface area contributed by atoms with Crippen molar-refractivity contribution in [1.82, 2.24) is 0 Å². The van der Waals surface area contributed by atoms with Crippen molar-refractivity contribution in [3.63, 3.8) is 0 Å². The molecule has 0 aliphatic heterocycles.